The highest BCUT2D eigenvalue weighted by Gasteiger charge is 2.44. The molecule has 0 N–H and O–H groups in total. The molecule has 1 heterocycles. The second-order valence-electron chi connectivity index (χ2n) is 6.55. The SMILES string of the molecule is CC(C)C(C(=O)OCC(=O)N(C)CCC#N)N1C(=O)c2ccccc2C1=O. The first-order valence-electron chi connectivity index (χ1n) is 8.54. The molecule has 8 heteroatoms. The normalized spacial score (nSPS) is 14.0. The second-order valence-corrected chi connectivity index (χ2v) is 6.55. The van der Waals surface area contributed by atoms with E-state index in [9.17, 15) is 19.2 Å². The van der Waals surface area contributed by atoms with Gasteiger partial charge in [0.2, 0.25) is 0 Å². The Morgan fingerprint density at radius 1 is 1.19 bits per heavy atom. The molecule has 0 aromatic heterocycles. The van der Waals surface area contributed by atoms with Crippen LogP contribution in [0.15, 0.2) is 24.3 Å². The maximum absolute atomic E-state index is 12.6. The van der Waals surface area contributed by atoms with Gasteiger partial charge in [-0.3, -0.25) is 19.3 Å². The lowest BCUT2D eigenvalue weighted by Gasteiger charge is -2.27. The topological polar surface area (TPSA) is 108 Å². The van der Waals surface area contributed by atoms with Crippen molar-refractivity contribution in [2.24, 2.45) is 5.92 Å². The van der Waals surface area contributed by atoms with Gasteiger partial charge in [-0.2, -0.15) is 5.26 Å². The lowest BCUT2D eigenvalue weighted by Crippen LogP contribution is -2.49. The molecule has 8 nitrogen and oxygen atoms in total. The smallest absolute Gasteiger partial charge is 0.330 e. The lowest BCUT2D eigenvalue weighted by atomic mass is 10.0. The number of carbonyl (C=O) groups excluding carboxylic acids is 4. The molecule has 0 saturated carbocycles. The molecular formula is C19H21N3O5. The number of fused-ring (bicyclic) bond motifs is 1. The maximum Gasteiger partial charge on any atom is 0.330 e. The van der Waals surface area contributed by atoms with Gasteiger partial charge >= 0.3 is 5.97 Å². The Balaban J connectivity index is 2.11. The van der Waals surface area contributed by atoms with Gasteiger partial charge in [-0.25, -0.2) is 4.79 Å². The van der Waals surface area contributed by atoms with Crippen molar-refractivity contribution < 1.29 is 23.9 Å². The summed E-state index contributed by atoms with van der Waals surface area (Å²) >= 11 is 0. The summed E-state index contributed by atoms with van der Waals surface area (Å²) in [6.07, 6.45) is 0.167. The Labute approximate surface area is 157 Å². The summed E-state index contributed by atoms with van der Waals surface area (Å²) in [6.45, 7) is 3.08. The van der Waals surface area contributed by atoms with Crippen LogP contribution in [0.3, 0.4) is 0 Å². The molecule has 1 aromatic carbocycles. The lowest BCUT2D eigenvalue weighted by molar-refractivity contribution is -0.156. The number of imide groups is 1. The standard InChI is InChI=1S/C19H21N3O5/c1-12(2)16(19(26)27-11-15(23)21(3)10-6-9-20)22-17(24)13-7-4-5-8-14(13)18(22)25/h4-5,7-8,12,16H,6,10-11H2,1-3H3. The molecule has 0 radical (unpaired) electrons. The molecule has 27 heavy (non-hydrogen) atoms. The summed E-state index contributed by atoms with van der Waals surface area (Å²) in [4.78, 5) is 51.9. The molecule has 1 aliphatic heterocycles. The van der Waals surface area contributed by atoms with Crippen LogP contribution in [0.5, 0.6) is 0 Å². The van der Waals surface area contributed by atoms with Crippen LogP contribution in [0.2, 0.25) is 0 Å². The van der Waals surface area contributed by atoms with Gasteiger partial charge < -0.3 is 9.64 Å². The van der Waals surface area contributed by atoms with Gasteiger partial charge in [0.1, 0.15) is 6.04 Å². The number of nitrogens with zero attached hydrogens (tertiary/aromatic N) is 3. The van der Waals surface area contributed by atoms with Gasteiger partial charge in [-0.05, 0) is 18.1 Å². The molecule has 0 saturated heterocycles. The first-order chi connectivity index (χ1) is 12.8. The highest BCUT2D eigenvalue weighted by Crippen LogP contribution is 2.27. The Morgan fingerprint density at radius 3 is 2.22 bits per heavy atom. The minimum absolute atomic E-state index is 0.167. The van der Waals surface area contributed by atoms with Gasteiger partial charge in [0.05, 0.1) is 23.6 Å². The van der Waals surface area contributed by atoms with Crippen molar-refractivity contribution in [2.45, 2.75) is 26.3 Å². The van der Waals surface area contributed by atoms with Crippen molar-refractivity contribution in [1.29, 1.82) is 5.26 Å². The van der Waals surface area contributed by atoms with E-state index in [4.69, 9.17) is 10.00 Å². The molecule has 0 aliphatic carbocycles. The fourth-order valence-electron chi connectivity index (χ4n) is 2.81. The van der Waals surface area contributed by atoms with Crippen molar-refractivity contribution in [3.8, 4) is 6.07 Å². The summed E-state index contributed by atoms with van der Waals surface area (Å²) in [6, 6.07) is 7.15. The number of likely N-dealkylation sites (N-methyl/N-ethyl adjacent to an activating group) is 1. The number of hydrogen-bond donors (Lipinski definition) is 0. The molecule has 0 bridgehead atoms. The number of nitriles is 1. The predicted octanol–water partition coefficient (Wildman–Crippen LogP) is 1.22. The average Bonchev–Trinajstić information content (AvgIpc) is 2.89. The number of amides is 3. The number of rotatable bonds is 7. The predicted molar refractivity (Wildman–Crippen MR) is 94.4 cm³/mol. The summed E-state index contributed by atoms with van der Waals surface area (Å²) in [5.41, 5.74) is 0.488. The van der Waals surface area contributed by atoms with E-state index in [1.807, 2.05) is 6.07 Å². The maximum atomic E-state index is 12.6. The van der Waals surface area contributed by atoms with E-state index in [2.05, 4.69) is 0 Å². The average molecular weight is 371 g/mol. The van der Waals surface area contributed by atoms with Crippen LogP contribution in [-0.4, -0.2) is 59.7 Å². The Kier molecular flexibility index (Phi) is 6.29. The van der Waals surface area contributed by atoms with E-state index >= 15 is 0 Å². The molecule has 0 fully saturated rings. The first kappa shape index (κ1) is 20.1. The minimum Gasteiger partial charge on any atom is -0.454 e. The van der Waals surface area contributed by atoms with Gasteiger partial charge in [0, 0.05) is 13.6 Å². The van der Waals surface area contributed by atoms with E-state index < -0.39 is 42.3 Å². The van der Waals surface area contributed by atoms with E-state index in [0.29, 0.717) is 0 Å². The largest absolute Gasteiger partial charge is 0.454 e. The van der Waals surface area contributed by atoms with E-state index in [0.717, 1.165) is 4.90 Å². The zero-order chi connectivity index (χ0) is 20.1. The quantitative estimate of drug-likeness (QED) is 0.527. The van der Waals surface area contributed by atoms with Crippen LogP contribution in [-0.2, 0) is 14.3 Å². The van der Waals surface area contributed by atoms with Crippen LogP contribution in [0.4, 0.5) is 0 Å². The number of ether oxygens (including phenoxy) is 1. The van der Waals surface area contributed by atoms with Crippen molar-refractivity contribution in [3.05, 3.63) is 35.4 Å². The van der Waals surface area contributed by atoms with Crippen molar-refractivity contribution >= 4 is 23.7 Å². The fourth-order valence-corrected chi connectivity index (χ4v) is 2.81. The van der Waals surface area contributed by atoms with Crippen molar-refractivity contribution in [1.82, 2.24) is 9.80 Å². The molecule has 3 amide bonds. The monoisotopic (exact) mass is 371 g/mol. The third-order valence-corrected chi connectivity index (χ3v) is 4.30. The van der Waals surface area contributed by atoms with E-state index in [1.165, 1.54) is 24.1 Å². The Hall–Kier alpha value is -3.21. The molecule has 1 atom stereocenters. The molecule has 0 spiro atoms. The second kappa shape index (κ2) is 8.45. The van der Waals surface area contributed by atoms with E-state index in [1.54, 1.807) is 26.0 Å². The Bertz CT molecular complexity index is 777. The van der Waals surface area contributed by atoms with E-state index in [-0.39, 0.29) is 24.1 Å². The number of carbonyl (C=O) groups is 4. The van der Waals surface area contributed by atoms with Crippen molar-refractivity contribution in [3.63, 3.8) is 0 Å². The van der Waals surface area contributed by atoms with Gasteiger partial charge in [-0.1, -0.05) is 26.0 Å². The van der Waals surface area contributed by atoms with Gasteiger partial charge in [0.15, 0.2) is 6.61 Å². The third kappa shape index (κ3) is 4.14. The molecule has 2 rings (SSSR count). The molecule has 142 valence electrons. The summed E-state index contributed by atoms with van der Waals surface area (Å²) in [7, 11) is 1.50. The minimum atomic E-state index is -1.13. The highest BCUT2D eigenvalue weighted by molar-refractivity contribution is 6.22. The zero-order valence-corrected chi connectivity index (χ0v) is 15.5. The molecule has 1 aliphatic rings. The number of benzene rings is 1. The van der Waals surface area contributed by atoms with Crippen LogP contribution in [0, 0.1) is 17.2 Å². The highest BCUT2D eigenvalue weighted by atomic mass is 16.5. The van der Waals surface area contributed by atoms with Crippen molar-refractivity contribution in [2.75, 3.05) is 20.2 Å². The number of hydrogen-bond acceptors (Lipinski definition) is 6. The number of esters is 1. The third-order valence-electron chi connectivity index (χ3n) is 4.30. The molecule has 1 unspecified atom stereocenters. The van der Waals surface area contributed by atoms with Crippen LogP contribution < -0.4 is 0 Å². The summed E-state index contributed by atoms with van der Waals surface area (Å²) in [5, 5.41) is 8.55. The van der Waals surface area contributed by atoms with Gasteiger partial charge in [0.25, 0.3) is 17.7 Å². The zero-order valence-electron chi connectivity index (χ0n) is 15.5. The van der Waals surface area contributed by atoms with Crippen LogP contribution in [0.25, 0.3) is 0 Å². The molecule has 1 aromatic rings. The first-order valence-corrected chi connectivity index (χ1v) is 8.54. The van der Waals surface area contributed by atoms with Gasteiger partial charge in [-0.15, -0.1) is 0 Å². The Morgan fingerprint density at radius 2 is 1.74 bits per heavy atom. The summed E-state index contributed by atoms with van der Waals surface area (Å²) in [5.74, 6) is -2.79. The molecular weight excluding hydrogens is 350 g/mol. The summed E-state index contributed by atoms with van der Waals surface area (Å²) < 4.78 is 5.08. The van der Waals surface area contributed by atoms with Crippen LogP contribution in [0.1, 0.15) is 41.0 Å². The van der Waals surface area contributed by atoms with Crippen LogP contribution >= 0.6 is 0 Å². The fraction of sp³-hybridized carbons (Fsp3) is 0.421.